The first-order valence-corrected chi connectivity index (χ1v) is 6.04. The van der Waals surface area contributed by atoms with E-state index >= 15 is 0 Å². The summed E-state index contributed by atoms with van der Waals surface area (Å²) in [6.45, 7) is 4.09. The smallest absolute Gasteiger partial charge is 0.151 e. The second-order valence-electron chi connectivity index (χ2n) is 4.40. The number of anilines is 1. The summed E-state index contributed by atoms with van der Waals surface area (Å²) in [6.07, 6.45) is 2.25. The molecule has 2 N–H and O–H groups in total. The summed E-state index contributed by atoms with van der Waals surface area (Å²) in [7, 11) is 0. The van der Waals surface area contributed by atoms with Crippen LogP contribution in [0.5, 0.6) is 0 Å². The van der Waals surface area contributed by atoms with Crippen LogP contribution in [-0.4, -0.2) is 29.3 Å². The summed E-state index contributed by atoms with van der Waals surface area (Å²) in [5, 5.41) is 8.38. The Bertz CT molecular complexity index is 330. The van der Waals surface area contributed by atoms with Crippen molar-refractivity contribution >= 4 is 17.4 Å². The summed E-state index contributed by atoms with van der Waals surface area (Å²) in [5.74, 6) is 1.55. The fourth-order valence-electron chi connectivity index (χ4n) is 2.13. The van der Waals surface area contributed by atoms with Crippen LogP contribution in [-0.2, 0) is 0 Å². The molecule has 16 heavy (non-hydrogen) atoms. The standard InChI is InChI=1S/C11H17ClN4/c1-8(13)9-4-6-16(7-5-9)11-3-2-10(12)14-15-11/h2-3,8-9H,4-7,13H2,1H3. The highest BCUT2D eigenvalue weighted by Gasteiger charge is 2.22. The molecule has 4 nitrogen and oxygen atoms in total. The molecule has 1 unspecified atom stereocenters. The fourth-order valence-corrected chi connectivity index (χ4v) is 2.23. The largest absolute Gasteiger partial charge is 0.355 e. The number of rotatable bonds is 2. The van der Waals surface area contributed by atoms with Gasteiger partial charge in [0, 0.05) is 19.1 Å². The van der Waals surface area contributed by atoms with Crippen molar-refractivity contribution in [2.75, 3.05) is 18.0 Å². The Morgan fingerprint density at radius 1 is 1.38 bits per heavy atom. The highest BCUT2D eigenvalue weighted by Crippen LogP contribution is 2.23. The molecule has 1 aromatic rings. The summed E-state index contributed by atoms with van der Waals surface area (Å²) in [5.41, 5.74) is 5.91. The average molecular weight is 241 g/mol. The first-order chi connectivity index (χ1) is 7.66. The third kappa shape index (κ3) is 2.62. The van der Waals surface area contributed by atoms with Gasteiger partial charge in [-0.2, -0.15) is 0 Å². The van der Waals surface area contributed by atoms with Gasteiger partial charge >= 0.3 is 0 Å². The van der Waals surface area contributed by atoms with E-state index in [0.717, 1.165) is 31.7 Å². The summed E-state index contributed by atoms with van der Waals surface area (Å²) in [6, 6.07) is 3.99. The third-order valence-electron chi connectivity index (χ3n) is 3.23. The lowest BCUT2D eigenvalue weighted by Crippen LogP contribution is -2.40. The topological polar surface area (TPSA) is 55.0 Å². The lowest BCUT2D eigenvalue weighted by molar-refractivity contribution is 0.353. The van der Waals surface area contributed by atoms with Crippen molar-refractivity contribution in [2.45, 2.75) is 25.8 Å². The average Bonchev–Trinajstić information content (AvgIpc) is 2.30. The quantitative estimate of drug-likeness (QED) is 0.855. The molecular weight excluding hydrogens is 224 g/mol. The van der Waals surface area contributed by atoms with E-state index in [9.17, 15) is 0 Å². The maximum atomic E-state index is 5.91. The number of halogens is 1. The van der Waals surface area contributed by atoms with E-state index in [1.54, 1.807) is 6.07 Å². The van der Waals surface area contributed by atoms with Crippen LogP contribution in [0.2, 0.25) is 5.15 Å². The first kappa shape index (κ1) is 11.6. The van der Waals surface area contributed by atoms with Crippen molar-refractivity contribution in [1.29, 1.82) is 0 Å². The Morgan fingerprint density at radius 3 is 2.56 bits per heavy atom. The molecule has 0 spiro atoms. The number of nitrogens with zero attached hydrogens (tertiary/aromatic N) is 3. The maximum Gasteiger partial charge on any atom is 0.151 e. The van der Waals surface area contributed by atoms with Gasteiger partial charge in [0.05, 0.1) is 0 Å². The van der Waals surface area contributed by atoms with Gasteiger partial charge in [0.1, 0.15) is 0 Å². The van der Waals surface area contributed by atoms with E-state index in [4.69, 9.17) is 17.3 Å². The minimum Gasteiger partial charge on any atom is -0.355 e. The molecule has 1 fully saturated rings. The summed E-state index contributed by atoms with van der Waals surface area (Å²) < 4.78 is 0. The van der Waals surface area contributed by atoms with Crippen molar-refractivity contribution in [1.82, 2.24) is 10.2 Å². The second kappa shape index (κ2) is 4.97. The van der Waals surface area contributed by atoms with Gasteiger partial charge in [0.25, 0.3) is 0 Å². The molecule has 1 aliphatic heterocycles. The zero-order valence-electron chi connectivity index (χ0n) is 9.43. The number of hydrogen-bond acceptors (Lipinski definition) is 4. The molecule has 1 aliphatic rings. The van der Waals surface area contributed by atoms with Crippen molar-refractivity contribution in [3.05, 3.63) is 17.3 Å². The lowest BCUT2D eigenvalue weighted by Gasteiger charge is -2.34. The predicted octanol–water partition coefficient (Wildman–Crippen LogP) is 1.69. The van der Waals surface area contributed by atoms with Crippen molar-refractivity contribution in [2.24, 2.45) is 11.7 Å². The zero-order valence-corrected chi connectivity index (χ0v) is 10.2. The number of piperidine rings is 1. The van der Waals surface area contributed by atoms with E-state index in [-0.39, 0.29) is 0 Å². The van der Waals surface area contributed by atoms with Crippen molar-refractivity contribution in [3.63, 3.8) is 0 Å². The molecule has 0 radical (unpaired) electrons. The number of aromatic nitrogens is 2. The summed E-state index contributed by atoms with van der Waals surface area (Å²) >= 11 is 5.71. The van der Waals surface area contributed by atoms with Gasteiger partial charge in [-0.25, -0.2) is 0 Å². The van der Waals surface area contributed by atoms with Crippen LogP contribution in [0, 0.1) is 5.92 Å². The SMILES string of the molecule is CC(N)C1CCN(c2ccc(Cl)nn2)CC1. The van der Waals surface area contributed by atoms with E-state index < -0.39 is 0 Å². The minimum absolute atomic E-state index is 0.290. The molecule has 2 rings (SSSR count). The normalized spacial score (nSPS) is 19.8. The maximum absolute atomic E-state index is 5.91. The van der Waals surface area contributed by atoms with Crippen LogP contribution in [0.1, 0.15) is 19.8 Å². The van der Waals surface area contributed by atoms with Crippen LogP contribution < -0.4 is 10.6 Å². The van der Waals surface area contributed by atoms with Gasteiger partial charge in [-0.05, 0) is 37.8 Å². The Morgan fingerprint density at radius 2 is 2.06 bits per heavy atom. The number of nitrogens with two attached hydrogens (primary N) is 1. The van der Waals surface area contributed by atoms with Gasteiger partial charge in [-0.15, -0.1) is 10.2 Å². The van der Waals surface area contributed by atoms with Crippen LogP contribution in [0.15, 0.2) is 12.1 Å². The second-order valence-corrected chi connectivity index (χ2v) is 4.79. The third-order valence-corrected chi connectivity index (χ3v) is 3.43. The molecule has 0 aliphatic carbocycles. The Labute approximate surface area is 101 Å². The Balaban J connectivity index is 1.96. The molecule has 0 aromatic carbocycles. The van der Waals surface area contributed by atoms with Crippen LogP contribution in [0.4, 0.5) is 5.82 Å². The van der Waals surface area contributed by atoms with Crippen LogP contribution >= 0.6 is 11.6 Å². The van der Waals surface area contributed by atoms with Gasteiger partial charge in [0.2, 0.25) is 0 Å². The molecule has 88 valence electrons. The van der Waals surface area contributed by atoms with E-state index in [1.165, 1.54) is 0 Å². The molecular formula is C11H17ClN4. The fraction of sp³-hybridized carbons (Fsp3) is 0.636. The number of hydrogen-bond donors (Lipinski definition) is 1. The highest BCUT2D eigenvalue weighted by atomic mass is 35.5. The molecule has 0 bridgehead atoms. The van der Waals surface area contributed by atoms with Gasteiger partial charge in [-0.3, -0.25) is 0 Å². The Hall–Kier alpha value is -0.870. The van der Waals surface area contributed by atoms with Gasteiger partial charge in [0.15, 0.2) is 11.0 Å². The van der Waals surface area contributed by atoms with E-state index in [0.29, 0.717) is 17.1 Å². The minimum atomic E-state index is 0.290. The predicted molar refractivity (Wildman–Crippen MR) is 65.6 cm³/mol. The van der Waals surface area contributed by atoms with Crippen molar-refractivity contribution < 1.29 is 0 Å². The van der Waals surface area contributed by atoms with Crippen molar-refractivity contribution in [3.8, 4) is 0 Å². The Kier molecular flexibility index (Phi) is 3.61. The molecule has 0 saturated carbocycles. The zero-order chi connectivity index (χ0) is 11.5. The first-order valence-electron chi connectivity index (χ1n) is 5.66. The lowest BCUT2D eigenvalue weighted by atomic mass is 9.91. The monoisotopic (exact) mass is 240 g/mol. The highest BCUT2D eigenvalue weighted by molar-refractivity contribution is 6.29. The molecule has 1 atom stereocenters. The molecule has 0 amide bonds. The molecule has 1 saturated heterocycles. The van der Waals surface area contributed by atoms with Crippen LogP contribution in [0.25, 0.3) is 0 Å². The van der Waals surface area contributed by atoms with E-state index in [1.807, 2.05) is 6.07 Å². The van der Waals surface area contributed by atoms with E-state index in [2.05, 4.69) is 22.0 Å². The molecule has 5 heteroatoms. The van der Waals surface area contributed by atoms with Gasteiger partial charge < -0.3 is 10.6 Å². The van der Waals surface area contributed by atoms with Crippen LogP contribution in [0.3, 0.4) is 0 Å². The summed E-state index contributed by atoms with van der Waals surface area (Å²) in [4.78, 5) is 2.24. The van der Waals surface area contributed by atoms with Gasteiger partial charge in [-0.1, -0.05) is 11.6 Å². The molecule has 2 heterocycles. The molecule has 1 aromatic heterocycles.